The molecule has 0 bridgehead atoms. The molecule has 1 rings (SSSR count). The van der Waals surface area contributed by atoms with Gasteiger partial charge in [-0.15, -0.1) is 0 Å². The summed E-state index contributed by atoms with van der Waals surface area (Å²) in [4.78, 5) is 12.2. The summed E-state index contributed by atoms with van der Waals surface area (Å²) in [5, 5.41) is 6.39. The molecule has 1 unspecified atom stereocenters. The van der Waals surface area contributed by atoms with Crippen molar-refractivity contribution in [1.29, 1.82) is 0 Å². The first-order valence-corrected chi connectivity index (χ1v) is 7.27. The van der Waals surface area contributed by atoms with Gasteiger partial charge in [0.1, 0.15) is 0 Å². The Morgan fingerprint density at radius 2 is 2.00 bits per heavy atom. The lowest BCUT2D eigenvalue weighted by molar-refractivity contribution is 0.0933. The van der Waals surface area contributed by atoms with Gasteiger partial charge in [0.15, 0.2) is 0 Å². The van der Waals surface area contributed by atoms with Gasteiger partial charge in [-0.05, 0) is 50.5 Å². The Balaban J connectivity index is 2.74. The molecule has 1 atom stereocenters. The van der Waals surface area contributed by atoms with Crippen molar-refractivity contribution in [2.24, 2.45) is 0 Å². The van der Waals surface area contributed by atoms with Crippen LogP contribution in [0.2, 0.25) is 0 Å². The number of rotatable bonds is 7. The van der Waals surface area contributed by atoms with Crippen molar-refractivity contribution in [3.05, 3.63) is 29.3 Å². The summed E-state index contributed by atoms with van der Waals surface area (Å²) in [5.41, 5.74) is 2.95. The molecule has 0 aliphatic carbocycles. The normalized spacial score (nSPS) is 12.0. The van der Waals surface area contributed by atoms with Gasteiger partial charge in [0.2, 0.25) is 0 Å². The van der Waals surface area contributed by atoms with Crippen LogP contribution in [0.5, 0.6) is 0 Å². The van der Waals surface area contributed by atoms with Crippen molar-refractivity contribution >= 4 is 11.6 Å². The minimum atomic E-state index is 0.0337. The minimum absolute atomic E-state index is 0.0337. The highest BCUT2D eigenvalue weighted by Gasteiger charge is 2.12. The van der Waals surface area contributed by atoms with E-state index in [-0.39, 0.29) is 11.9 Å². The Morgan fingerprint density at radius 3 is 2.53 bits per heavy atom. The van der Waals surface area contributed by atoms with Crippen LogP contribution in [-0.2, 0) is 0 Å². The quantitative estimate of drug-likeness (QED) is 0.786. The number of nitrogens with one attached hydrogen (secondary N) is 2. The molecule has 106 valence electrons. The third kappa shape index (κ3) is 4.58. The topological polar surface area (TPSA) is 41.1 Å². The van der Waals surface area contributed by atoms with Crippen molar-refractivity contribution in [2.45, 2.75) is 53.0 Å². The van der Waals surface area contributed by atoms with E-state index in [1.165, 1.54) is 0 Å². The van der Waals surface area contributed by atoms with Gasteiger partial charge in [0.25, 0.3) is 5.91 Å². The summed E-state index contributed by atoms with van der Waals surface area (Å²) in [6.45, 7) is 9.24. The maximum Gasteiger partial charge on any atom is 0.251 e. The second kappa shape index (κ2) is 7.82. The molecule has 1 aromatic carbocycles. The lowest BCUT2D eigenvalue weighted by Gasteiger charge is -2.16. The van der Waals surface area contributed by atoms with Crippen molar-refractivity contribution < 1.29 is 4.79 Å². The van der Waals surface area contributed by atoms with Crippen LogP contribution in [0.3, 0.4) is 0 Å². The third-order valence-electron chi connectivity index (χ3n) is 3.32. The second-order valence-electron chi connectivity index (χ2n) is 4.93. The van der Waals surface area contributed by atoms with Crippen LogP contribution in [0.1, 0.15) is 56.0 Å². The molecule has 0 radical (unpaired) electrons. The van der Waals surface area contributed by atoms with E-state index in [9.17, 15) is 4.79 Å². The van der Waals surface area contributed by atoms with Crippen LogP contribution >= 0.6 is 0 Å². The molecule has 1 amide bonds. The fourth-order valence-electron chi connectivity index (χ4n) is 2.19. The van der Waals surface area contributed by atoms with E-state index < -0.39 is 0 Å². The van der Waals surface area contributed by atoms with Gasteiger partial charge in [0.05, 0.1) is 0 Å². The molecule has 0 spiro atoms. The van der Waals surface area contributed by atoms with Crippen LogP contribution in [0.4, 0.5) is 5.69 Å². The molecule has 0 fully saturated rings. The molecule has 2 N–H and O–H groups in total. The van der Waals surface area contributed by atoms with E-state index >= 15 is 0 Å². The largest absolute Gasteiger partial charge is 0.385 e. The van der Waals surface area contributed by atoms with E-state index in [0.29, 0.717) is 0 Å². The summed E-state index contributed by atoms with van der Waals surface area (Å²) >= 11 is 0. The van der Waals surface area contributed by atoms with E-state index in [4.69, 9.17) is 0 Å². The van der Waals surface area contributed by atoms with Crippen LogP contribution in [0, 0.1) is 6.92 Å². The summed E-state index contributed by atoms with van der Waals surface area (Å²) in [6, 6.07) is 6.10. The van der Waals surface area contributed by atoms with Gasteiger partial charge >= 0.3 is 0 Å². The van der Waals surface area contributed by atoms with Gasteiger partial charge in [-0.2, -0.15) is 0 Å². The van der Waals surface area contributed by atoms with Gasteiger partial charge < -0.3 is 10.6 Å². The maximum atomic E-state index is 12.2. The van der Waals surface area contributed by atoms with Gasteiger partial charge in [-0.3, -0.25) is 4.79 Å². The van der Waals surface area contributed by atoms with Crippen LogP contribution in [0.15, 0.2) is 18.2 Å². The molecule has 0 saturated carbocycles. The highest BCUT2D eigenvalue weighted by atomic mass is 16.1. The van der Waals surface area contributed by atoms with Crippen molar-refractivity contribution in [3.8, 4) is 0 Å². The van der Waals surface area contributed by atoms with E-state index in [0.717, 1.165) is 42.6 Å². The van der Waals surface area contributed by atoms with E-state index in [2.05, 4.69) is 31.4 Å². The first kappa shape index (κ1) is 15.5. The monoisotopic (exact) mass is 262 g/mol. The number of amides is 1. The maximum absolute atomic E-state index is 12.2. The molecule has 3 heteroatoms. The third-order valence-corrected chi connectivity index (χ3v) is 3.32. The molecule has 1 aromatic rings. The predicted octanol–water partition coefficient (Wildman–Crippen LogP) is 3.74. The van der Waals surface area contributed by atoms with E-state index in [1.807, 2.05) is 25.1 Å². The Hall–Kier alpha value is -1.51. The zero-order valence-electron chi connectivity index (χ0n) is 12.5. The first-order valence-electron chi connectivity index (χ1n) is 7.27. The molecule has 0 aliphatic heterocycles. The second-order valence-corrected chi connectivity index (χ2v) is 4.93. The number of carbonyl (C=O) groups is 1. The lowest BCUT2D eigenvalue weighted by Crippen LogP contribution is -2.34. The molecule has 0 aliphatic rings. The summed E-state index contributed by atoms with van der Waals surface area (Å²) in [5.74, 6) is 0.0337. The van der Waals surface area contributed by atoms with Crippen molar-refractivity contribution in [2.75, 3.05) is 11.9 Å². The summed E-state index contributed by atoms with van der Waals surface area (Å²) < 4.78 is 0. The Labute approximate surface area is 116 Å². The minimum Gasteiger partial charge on any atom is -0.385 e. The first-order chi connectivity index (χ1) is 9.12. The molecular weight excluding hydrogens is 236 g/mol. The molecule has 0 heterocycles. The number of hydrogen-bond donors (Lipinski definition) is 2. The molecular formula is C16H26N2O. The lowest BCUT2D eigenvalue weighted by atomic mass is 10.1. The Morgan fingerprint density at radius 1 is 1.26 bits per heavy atom. The number of benzene rings is 1. The smallest absolute Gasteiger partial charge is 0.251 e. The Kier molecular flexibility index (Phi) is 6.40. The predicted molar refractivity (Wildman–Crippen MR) is 81.8 cm³/mol. The average Bonchev–Trinajstić information content (AvgIpc) is 2.40. The summed E-state index contributed by atoms with van der Waals surface area (Å²) in [6.07, 6.45) is 3.11. The van der Waals surface area contributed by atoms with Crippen LogP contribution in [0.25, 0.3) is 0 Å². The molecule has 3 nitrogen and oxygen atoms in total. The number of aryl methyl sites for hydroxylation is 1. The van der Waals surface area contributed by atoms with Crippen molar-refractivity contribution in [3.63, 3.8) is 0 Å². The SMILES string of the molecule is CCCC(CC)NC(=O)c1ccc(NCC)c(C)c1. The molecule has 0 aromatic heterocycles. The van der Waals surface area contributed by atoms with Crippen LogP contribution < -0.4 is 10.6 Å². The van der Waals surface area contributed by atoms with Gasteiger partial charge in [-0.25, -0.2) is 0 Å². The Bertz CT molecular complexity index is 415. The van der Waals surface area contributed by atoms with Gasteiger partial charge in [-0.1, -0.05) is 20.3 Å². The fraction of sp³-hybridized carbons (Fsp3) is 0.562. The van der Waals surface area contributed by atoms with Crippen LogP contribution in [-0.4, -0.2) is 18.5 Å². The zero-order valence-corrected chi connectivity index (χ0v) is 12.5. The zero-order chi connectivity index (χ0) is 14.3. The average molecular weight is 262 g/mol. The molecule has 19 heavy (non-hydrogen) atoms. The highest BCUT2D eigenvalue weighted by molar-refractivity contribution is 5.95. The number of anilines is 1. The highest BCUT2D eigenvalue weighted by Crippen LogP contribution is 2.16. The summed E-state index contributed by atoms with van der Waals surface area (Å²) in [7, 11) is 0. The molecule has 0 saturated heterocycles. The standard InChI is InChI=1S/C16H26N2O/c1-5-8-14(6-2)18-16(19)13-9-10-15(17-7-3)12(4)11-13/h9-11,14,17H,5-8H2,1-4H3,(H,18,19). The number of carbonyl (C=O) groups excluding carboxylic acids is 1. The van der Waals surface area contributed by atoms with E-state index in [1.54, 1.807) is 0 Å². The number of hydrogen-bond acceptors (Lipinski definition) is 2. The van der Waals surface area contributed by atoms with Gasteiger partial charge in [0, 0.05) is 23.8 Å². The fourth-order valence-corrected chi connectivity index (χ4v) is 2.19. The van der Waals surface area contributed by atoms with Crippen molar-refractivity contribution in [1.82, 2.24) is 5.32 Å².